The van der Waals surface area contributed by atoms with Crippen LogP contribution in [0.2, 0.25) is 0 Å². The predicted molar refractivity (Wildman–Crippen MR) is 136 cm³/mol. The first-order chi connectivity index (χ1) is 17.0. The lowest BCUT2D eigenvalue weighted by Gasteiger charge is -2.10. The van der Waals surface area contributed by atoms with Gasteiger partial charge >= 0.3 is 0 Å². The second-order valence-electron chi connectivity index (χ2n) is 7.90. The Morgan fingerprint density at radius 1 is 1.03 bits per heavy atom. The summed E-state index contributed by atoms with van der Waals surface area (Å²) < 4.78 is 23.2. The summed E-state index contributed by atoms with van der Waals surface area (Å²) in [6.45, 7) is 2.76. The summed E-state index contributed by atoms with van der Waals surface area (Å²) in [6.07, 6.45) is 0.243. The highest BCUT2D eigenvalue weighted by molar-refractivity contribution is 7.71. The van der Waals surface area contributed by atoms with Crippen molar-refractivity contribution in [3.63, 3.8) is 0 Å². The van der Waals surface area contributed by atoms with Crippen molar-refractivity contribution < 1.29 is 19.0 Å². The fraction of sp³-hybridized carbons (Fsp3) is 0.185. The summed E-state index contributed by atoms with van der Waals surface area (Å²) in [4.78, 5) is 12.9. The predicted octanol–water partition coefficient (Wildman–Crippen LogP) is 5.68. The van der Waals surface area contributed by atoms with Crippen LogP contribution in [0, 0.1) is 10.6 Å². The zero-order valence-electron chi connectivity index (χ0n) is 19.3. The number of benzene rings is 3. The van der Waals surface area contributed by atoms with E-state index in [1.807, 2.05) is 37.3 Å². The zero-order valence-corrected chi connectivity index (χ0v) is 20.1. The number of rotatable bonds is 9. The Labute approximate surface area is 208 Å². The highest BCUT2D eigenvalue weighted by Gasteiger charge is 2.21. The van der Waals surface area contributed by atoms with Gasteiger partial charge in [-0.15, -0.1) is 0 Å². The maximum atomic E-state index is 14.2. The molecule has 1 amide bonds. The average Bonchev–Trinajstić information content (AvgIpc) is 3.09. The van der Waals surface area contributed by atoms with E-state index in [4.69, 9.17) is 17.0 Å². The lowest BCUT2D eigenvalue weighted by atomic mass is 10.1. The van der Waals surface area contributed by atoms with Gasteiger partial charge in [0.05, 0.1) is 24.4 Å². The highest BCUT2D eigenvalue weighted by atomic mass is 32.1. The number of carbonyl (C=O) groups excluding carboxylic acids is 1. The number of aromatic hydroxyl groups is 1. The first-order valence-electron chi connectivity index (χ1n) is 11.3. The molecule has 4 rings (SSSR count). The van der Waals surface area contributed by atoms with Crippen LogP contribution in [0.25, 0.3) is 5.69 Å². The molecule has 0 bridgehead atoms. The second kappa shape index (κ2) is 11.0. The fourth-order valence-corrected chi connectivity index (χ4v) is 4.28. The van der Waals surface area contributed by atoms with Crippen molar-refractivity contribution in [2.24, 2.45) is 0 Å². The maximum Gasteiger partial charge on any atom is 0.230 e. The van der Waals surface area contributed by atoms with Gasteiger partial charge in [0, 0.05) is 12.2 Å². The number of amides is 1. The fourth-order valence-electron chi connectivity index (χ4n) is 3.88. The normalized spacial score (nSPS) is 10.8. The summed E-state index contributed by atoms with van der Waals surface area (Å²) in [7, 11) is 0. The van der Waals surface area contributed by atoms with Gasteiger partial charge in [0.25, 0.3) is 0 Å². The molecule has 35 heavy (non-hydrogen) atoms. The van der Waals surface area contributed by atoms with Crippen LogP contribution in [-0.2, 0) is 24.2 Å². The van der Waals surface area contributed by atoms with E-state index in [0.717, 1.165) is 0 Å². The van der Waals surface area contributed by atoms with Gasteiger partial charge in [-0.05, 0) is 73.6 Å². The molecule has 6 nitrogen and oxygen atoms in total. The molecule has 0 atom stereocenters. The molecule has 0 radical (unpaired) electrons. The lowest BCUT2D eigenvalue weighted by molar-refractivity contribution is -0.115. The van der Waals surface area contributed by atoms with Gasteiger partial charge in [-0.3, -0.25) is 9.36 Å². The van der Waals surface area contributed by atoms with Gasteiger partial charge in [-0.25, -0.2) is 4.39 Å². The number of carbonyl (C=O) groups is 1. The van der Waals surface area contributed by atoms with Crippen LogP contribution in [0.5, 0.6) is 11.6 Å². The molecule has 0 aliphatic heterocycles. The minimum absolute atomic E-state index is 0.111. The van der Waals surface area contributed by atoms with E-state index < -0.39 is 0 Å². The average molecular weight is 492 g/mol. The number of halogens is 1. The van der Waals surface area contributed by atoms with Gasteiger partial charge in [-0.2, -0.15) is 0 Å². The van der Waals surface area contributed by atoms with Crippen molar-refractivity contribution in [1.82, 2.24) is 9.13 Å². The molecule has 2 N–H and O–H groups in total. The molecule has 0 saturated heterocycles. The van der Waals surface area contributed by atoms with Crippen molar-refractivity contribution in [3.05, 3.63) is 101 Å². The zero-order chi connectivity index (χ0) is 24.8. The number of hydrogen-bond donors (Lipinski definition) is 2. The molecule has 0 saturated carbocycles. The molecule has 0 fully saturated rings. The topological polar surface area (TPSA) is 68.4 Å². The third-order valence-electron chi connectivity index (χ3n) is 5.57. The molecule has 1 aromatic heterocycles. The molecule has 0 aliphatic carbocycles. The minimum Gasteiger partial charge on any atom is -0.494 e. The van der Waals surface area contributed by atoms with E-state index >= 15 is 0 Å². The number of hydrogen-bond acceptors (Lipinski definition) is 4. The van der Waals surface area contributed by atoms with E-state index in [-0.39, 0.29) is 24.0 Å². The third kappa shape index (κ3) is 5.60. The third-order valence-corrected chi connectivity index (χ3v) is 5.97. The second-order valence-corrected chi connectivity index (χ2v) is 8.26. The van der Waals surface area contributed by atoms with Crippen molar-refractivity contribution in [2.45, 2.75) is 26.3 Å². The van der Waals surface area contributed by atoms with Gasteiger partial charge in [0.2, 0.25) is 11.8 Å². The molecule has 8 heteroatoms. The molecular formula is C27H26FN3O3S. The van der Waals surface area contributed by atoms with Crippen molar-refractivity contribution in [1.29, 1.82) is 0 Å². The van der Waals surface area contributed by atoms with Gasteiger partial charge in [0.15, 0.2) is 4.77 Å². The number of nitrogens with zero attached hydrogens (tertiary/aromatic N) is 2. The summed E-state index contributed by atoms with van der Waals surface area (Å²) in [6, 6.07) is 22.8. The van der Waals surface area contributed by atoms with Crippen LogP contribution < -0.4 is 10.1 Å². The Balaban J connectivity index is 1.63. The highest BCUT2D eigenvalue weighted by Crippen LogP contribution is 2.27. The van der Waals surface area contributed by atoms with Crippen molar-refractivity contribution in [2.75, 3.05) is 11.9 Å². The van der Waals surface area contributed by atoms with Gasteiger partial charge in [0.1, 0.15) is 11.6 Å². The van der Waals surface area contributed by atoms with E-state index in [1.54, 1.807) is 47.0 Å². The number of aryl methyl sites for hydroxylation is 1. The maximum absolute atomic E-state index is 14.2. The van der Waals surface area contributed by atoms with Gasteiger partial charge in [-0.1, -0.05) is 36.4 Å². The lowest BCUT2D eigenvalue weighted by Crippen LogP contribution is -2.17. The Morgan fingerprint density at radius 3 is 2.40 bits per heavy atom. The molecule has 1 heterocycles. The summed E-state index contributed by atoms with van der Waals surface area (Å²) in [5.41, 5.74) is 2.18. The number of anilines is 1. The summed E-state index contributed by atoms with van der Waals surface area (Å²) in [5.74, 6) is -0.0220. The molecule has 0 unspecified atom stereocenters. The molecular weight excluding hydrogens is 465 g/mol. The van der Waals surface area contributed by atoms with Crippen molar-refractivity contribution in [3.8, 4) is 17.3 Å². The van der Waals surface area contributed by atoms with Crippen molar-refractivity contribution >= 4 is 23.8 Å². The molecule has 0 spiro atoms. The SMILES string of the molecule is CCOc1ccc(NC(=O)Cc2c(O)n(-c3ccccc3)c(=S)n2CCc2ccccc2F)cc1. The van der Waals surface area contributed by atoms with Crippen LogP contribution in [0.4, 0.5) is 10.1 Å². The largest absolute Gasteiger partial charge is 0.494 e. The van der Waals surface area contributed by atoms with Crippen LogP contribution >= 0.6 is 12.2 Å². The van der Waals surface area contributed by atoms with Crippen LogP contribution in [0.1, 0.15) is 18.2 Å². The first kappa shape index (κ1) is 24.2. The Morgan fingerprint density at radius 2 is 1.71 bits per heavy atom. The number of para-hydroxylation sites is 1. The molecule has 180 valence electrons. The van der Waals surface area contributed by atoms with E-state index in [2.05, 4.69) is 5.32 Å². The molecule has 4 aromatic rings. The van der Waals surface area contributed by atoms with Crippen LogP contribution in [0.15, 0.2) is 78.9 Å². The molecule has 3 aromatic carbocycles. The quantitative estimate of drug-likeness (QED) is 0.296. The van der Waals surface area contributed by atoms with E-state index in [0.29, 0.717) is 52.7 Å². The molecule has 0 aliphatic rings. The minimum atomic E-state index is -0.315. The number of ether oxygens (including phenoxy) is 1. The first-order valence-corrected chi connectivity index (χ1v) is 11.7. The summed E-state index contributed by atoms with van der Waals surface area (Å²) in [5, 5.41) is 14.0. The number of aromatic nitrogens is 2. The smallest absolute Gasteiger partial charge is 0.230 e. The monoisotopic (exact) mass is 491 g/mol. The standard InChI is InChI=1S/C27H26FN3O3S/c1-2-34-22-14-12-20(13-15-22)29-25(32)18-24-26(33)31(21-9-4-3-5-10-21)27(35)30(24)17-16-19-8-6-7-11-23(19)28/h3-15,33H,2,16-18H2,1H3,(H,29,32). The van der Waals surface area contributed by atoms with Gasteiger partial charge < -0.3 is 19.7 Å². The Hall–Kier alpha value is -3.91. The number of nitrogens with one attached hydrogen (secondary N) is 1. The van der Waals surface area contributed by atoms with E-state index in [1.165, 1.54) is 10.6 Å². The van der Waals surface area contributed by atoms with Crippen LogP contribution in [-0.4, -0.2) is 26.8 Å². The van der Waals surface area contributed by atoms with E-state index in [9.17, 15) is 14.3 Å². The van der Waals surface area contributed by atoms with Crippen LogP contribution in [0.3, 0.4) is 0 Å². The Kier molecular flexibility index (Phi) is 7.62. The summed E-state index contributed by atoms with van der Waals surface area (Å²) >= 11 is 5.68. The number of imidazole rings is 1. The Bertz CT molecular complexity index is 1360.